The number of rotatable bonds is 2. The first kappa shape index (κ1) is 14.9. The minimum atomic E-state index is -1.34. The van der Waals surface area contributed by atoms with Gasteiger partial charge in [0, 0.05) is 25.8 Å². The highest BCUT2D eigenvalue weighted by Crippen LogP contribution is 2.26. The maximum atomic E-state index is 14.1. The Kier molecular flexibility index (Phi) is 4.40. The third-order valence-corrected chi connectivity index (χ3v) is 3.94. The lowest BCUT2D eigenvalue weighted by molar-refractivity contribution is -0.137. The highest BCUT2D eigenvalue weighted by molar-refractivity contribution is 5.98. The standard InChI is InChI=1S/C14H21FN2O3/c1-14(15)4-2-3-5-17(9-14)13(20)8-10-6-11(18)16-12(19)7-10/h10H,2-9H2,1H3,(H,16,18,19). The van der Waals surface area contributed by atoms with Crippen LogP contribution in [0, 0.1) is 5.92 Å². The van der Waals surface area contributed by atoms with Crippen LogP contribution in [0.25, 0.3) is 0 Å². The molecule has 0 aliphatic carbocycles. The minimum absolute atomic E-state index is 0.110. The molecule has 0 radical (unpaired) electrons. The molecule has 0 aromatic rings. The highest BCUT2D eigenvalue weighted by Gasteiger charge is 2.33. The number of amides is 3. The number of carbonyl (C=O) groups is 3. The van der Waals surface area contributed by atoms with Crippen molar-refractivity contribution in [2.24, 2.45) is 5.92 Å². The molecule has 0 saturated carbocycles. The van der Waals surface area contributed by atoms with Crippen molar-refractivity contribution in [3.8, 4) is 0 Å². The number of likely N-dealkylation sites (tertiary alicyclic amines) is 1. The Hall–Kier alpha value is -1.46. The predicted molar refractivity (Wildman–Crippen MR) is 70.4 cm³/mol. The van der Waals surface area contributed by atoms with Gasteiger partial charge in [0.05, 0.1) is 6.54 Å². The van der Waals surface area contributed by atoms with Crippen molar-refractivity contribution >= 4 is 17.7 Å². The van der Waals surface area contributed by atoms with Crippen molar-refractivity contribution in [3.05, 3.63) is 0 Å². The molecule has 2 heterocycles. The molecular weight excluding hydrogens is 263 g/mol. The summed E-state index contributed by atoms with van der Waals surface area (Å²) < 4.78 is 14.1. The van der Waals surface area contributed by atoms with E-state index < -0.39 is 5.67 Å². The van der Waals surface area contributed by atoms with Crippen LogP contribution in [-0.4, -0.2) is 41.4 Å². The van der Waals surface area contributed by atoms with E-state index in [-0.39, 0.29) is 49.4 Å². The zero-order chi connectivity index (χ0) is 14.8. The van der Waals surface area contributed by atoms with Gasteiger partial charge in [-0.25, -0.2) is 4.39 Å². The Balaban J connectivity index is 1.93. The molecule has 20 heavy (non-hydrogen) atoms. The summed E-state index contributed by atoms with van der Waals surface area (Å²) in [7, 11) is 0. The second-order valence-electron chi connectivity index (χ2n) is 6.14. The molecule has 2 aliphatic heterocycles. The van der Waals surface area contributed by atoms with Gasteiger partial charge in [-0.2, -0.15) is 0 Å². The van der Waals surface area contributed by atoms with E-state index in [0.717, 1.165) is 12.8 Å². The van der Waals surface area contributed by atoms with Gasteiger partial charge in [-0.3, -0.25) is 19.7 Å². The van der Waals surface area contributed by atoms with E-state index >= 15 is 0 Å². The van der Waals surface area contributed by atoms with Crippen LogP contribution in [0.2, 0.25) is 0 Å². The fraction of sp³-hybridized carbons (Fsp3) is 0.786. The third-order valence-electron chi connectivity index (χ3n) is 3.94. The van der Waals surface area contributed by atoms with Gasteiger partial charge in [0.1, 0.15) is 5.67 Å². The summed E-state index contributed by atoms with van der Waals surface area (Å²) in [5.74, 6) is -1.06. The molecule has 0 spiro atoms. The SMILES string of the molecule is CC1(F)CCCCN(C(=O)CC2CC(=O)NC(=O)C2)C1. The molecule has 1 atom stereocenters. The number of halogens is 1. The summed E-state index contributed by atoms with van der Waals surface area (Å²) in [6.07, 6.45) is 2.59. The van der Waals surface area contributed by atoms with Crippen LogP contribution in [-0.2, 0) is 14.4 Å². The number of nitrogens with one attached hydrogen (secondary N) is 1. The van der Waals surface area contributed by atoms with Crippen molar-refractivity contribution < 1.29 is 18.8 Å². The Morgan fingerprint density at radius 2 is 2.00 bits per heavy atom. The maximum Gasteiger partial charge on any atom is 0.226 e. The average molecular weight is 284 g/mol. The fourth-order valence-electron chi connectivity index (χ4n) is 2.94. The van der Waals surface area contributed by atoms with E-state index in [1.54, 1.807) is 4.90 Å². The summed E-state index contributed by atoms with van der Waals surface area (Å²) in [4.78, 5) is 36.3. The second-order valence-corrected chi connectivity index (χ2v) is 6.14. The fourth-order valence-corrected chi connectivity index (χ4v) is 2.94. The van der Waals surface area contributed by atoms with E-state index in [1.165, 1.54) is 6.92 Å². The van der Waals surface area contributed by atoms with Crippen LogP contribution in [0.1, 0.15) is 45.4 Å². The van der Waals surface area contributed by atoms with Gasteiger partial charge in [0.25, 0.3) is 0 Å². The van der Waals surface area contributed by atoms with Crippen LogP contribution in [0.4, 0.5) is 4.39 Å². The Bertz CT molecular complexity index is 407. The number of nitrogens with zero attached hydrogens (tertiary/aromatic N) is 1. The van der Waals surface area contributed by atoms with Crippen molar-refractivity contribution in [1.29, 1.82) is 0 Å². The molecule has 2 saturated heterocycles. The molecule has 6 heteroatoms. The topological polar surface area (TPSA) is 66.5 Å². The van der Waals surface area contributed by atoms with Crippen LogP contribution >= 0.6 is 0 Å². The molecule has 2 rings (SSSR count). The number of alkyl halides is 1. The van der Waals surface area contributed by atoms with E-state index in [9.17, 15) is 18.8 Å². The molecule has 1 N–H and O–H groups in total. The summed E-state index contributed by atoms with van der Waals surface area (Å²) in [5.41, 5.74) is -1.34. The van der Waals surface area contributed by atoms with Crippen molar-refractivity contribution in [2.45, 2.75) is 51.1 Å². The molecular formula is C14H21FN2O3. The molecule has 0 aromatic heterocycles. The van der Waals surface area contributed by atoms with Crippen molar-refractivity contribution in [1.82, 2.24) is 10.2 Å². The predicted octanol–water partition coefficient (Wildman–Crippen LogP) is 1.17. The zero-order valence-corrected chi connectivity index (χ0v) is 11.8. The van der Waals surface area contributed by atoms with Crippen molar-refractivity contribution in [2.75, 3.05) is 13.1 Å². The first-order valence-corrected chi connectivity index (χ1v) is 7.15. The lowest BCUT2D eigenvalue weighted by Crippen LogP contribution is -2.43. The monoisotopic (exact) mass is 284 g/mol. The minimum Gasteiger partial charge on any atom is -0.339 e. The van der Waals surface area contributed by atoms with Gasteiger partial charge < -0.3 is 4.90 Å². The Labute approximate surface area is 117 Å². The van der Waals surface area contributed by atoms with Gasteiger partial charge in [-0.15, -0.1) is 0 Å². The second kappa shape index (κ2) is 5.89. The van der Waals surface area contributed by atoms with E-state index in [2.05, 4.69) is 5.32 Å². The van der Waals surface area contributed by atoms with Crippen LogP contribution in [0.5, 0.6) is 0 Å². The lowest BCUT2D eigenvalue weighted by atomic mass is 9.93. The maximum absolute atomic E-state index is 14.1. The van der Waals surface area contributed by atoms with Gasteiger partial charge in [0.2, 0.25) is 17.7 Å². The van der Waals surface area contributed by atoms with Gasteiger partial charge in [0.15, 0.2) is 0 Å². The number of carbonyl (C=O) groups excluding carboxylic acids is 3. The first-order valence-electron chi connectivity index (χ1n) is 7.15. The van der Waals surface area contributed by atoms with Gasteiger partial charge >= 0.3 is 0 Å². The molecule has 5 nitrogen and oxygen atoms in total. The molecule has 2 fully saturated rings. The van der Waals surface area contributed by atoms with E-state index in [4.69, 9.17) is 0 Å². The zero-order valence-electron chi connectivity index (χ0n) is 11.8. The molecule has 0 bridgehead atoms. The molecule has 2 aliphatic rings. The van der Waals surface area contributed by atoms with Crippen LogP contribution in [0.15, 0.2) is 0 Å². The summed E-state index contributed by atoms with van der Waals surface area (Å²) in [6, 6.07) is 0. The molecule has 3 amide bonds. The summed E-state index contributed by atoms with van der Waals surface area (Å²) in [6.45, 7) is 2.19. The largest absolute Gasteiger partial charge is 0.339 e. The average Bonchev–Trinajstić information content (AvgIpc) is 2.48. The number of piperidine rings is 1. The quantitative estimate of drug-likeness (QED) is 0.774. The van der Waals surface area contributed by atoms with Crippen LogP contribution < -0.4 is 5.32 Å². The van der Waals surface area contributed by atoms with E-state index in [1.807, 2.05) is 0 Å². The highest BCUT2D eigenvalue weighted by atomic mass is 19.1. The van der Waals surface area contributed by atoms with Crippen LogP contribution in [0.3, 0.4) is 0 Å². The molecule has 112 valence electrons. The van der Waals surface area contributed by atoms with Crippen molar-refractivity contribution in [3.63, 3.8) is 0 Å². The van der Waals surface area contributed by atoms with Gasteiger partial charge in [-0.05, 0) is 32.1 Å². The third kappa shape index (κ3) is 4.02. The number of hydrogen-bond acceptors (Lipinski definition) is 3. The Morgan fingerprint density at radius 3 is 2.65 bits per heavy atom. The molecule has 0 aromatic carbocycles. The summed E-state index contributed by atoms with van der Waals surface area (Å²) >= 11 is 0. The smallest absolute Gasteiger partial charge is 0.226 e. The lowest BCUT2D eigenvalue weighted by Gasteiger charge is -2.28. The Morgan fingerprint density at radius 1 is 1.35 bits per heavy atom. The number of imide groups is 1. The van der Waals surface area contributed by atoms with Gasteiger partial charge in [-0.1, -0.05) is 0 Å². The normalized spacial score (nSPS) is 29.0. The van der Waals surface area contributed by atoms with E-state index in [0.29, 0.717) is 13.0 Å². The summed E-state index contributed by atoms with van der Waals surface area (Å²) in [5, 5.41) is 2.22. The number of hydrogen-bond donors (Lipinski definition) is 1. The first-order chi connectivity index (χ1) is 9.35. The molecule has 1 unspecified atom stereocenters.